The fourth-order valence-corrected chi connectivity index (χ4v) is 2.59. The van der Waals surface area contributed by atoms with E-state index in [1.165, 1.54) is 29.0 Å². The van der Waals surface area contributed by atoms with Crippen LogP contribution in [0.15, 0.2) is 42.6 Å². The lowest BCUT2D eigenvalue weighted by Crippen LogP contribution is -2.35. The number of alkyl halides is 3. The topological polar surface area (TPSA) is 68.5 Å². The number of hydrogen-bond donors (Lipinski definition) is 1. The molecule has 0 radical (unpaired) electrons. The van der Waals surface area contributed by atoms with E-state index in [9.17, 15) is 27.9 Å². The van der Waals surface area contributed by atoms with E-state index in [1.54, 1.807) is 0 Å². The Kier molecular flexibility index (Phi) is 3.39. The molecule has 0 aliphatic carbocycles. The van der Waals surface area contributed by atoms with E-state index in [2.05, 4.69) is 0 Å². The number of carbonyl (C=O) groups excluding carboxylic acids is 1. The van der Waals surface area contributed by atoms with Gasteiger partial charge in [-0.25, -0.2) is 9.59 Å². The second-order valence-corrected chi connectivity index (χ2v) is 5.03. The van der Waals surface area contributed by atoms with Crippen LogP contribution in [0.5, 0.6) is 0 Å². The number of cyclic esters (lactones) is 1. The smallest absolute Gasteiger partial charge is 0.416 e. The summed E-state index contributed by atoms with van der Waals surface area (Å²) in [6.07, 6.45) is -4.54. The van der Waals surface area contributed by atoms with Gasteiger partial charge >= 0.3 is 18.1 Å². The average molecular weight is 325 g/mol. The van der Waals surface area contributed by atoms with Gasteiger partial charge in [0.2, 0.25) is 0 Å². The van der Waals surface area contributed by atoms with Crippen molar-refractivity contribution in [2.75, 3.05) is 0 Å². The van der Waals surface area contributed by atoms with Crippen molar-refractivity contribution in [1.29, 1.82) is 0 Å². The van der Waals surface area contributed by atoms with Crippen molar-refractivity contribution in [2.45, 2.75) is 18.3 Å². The molecule has 0 fully saturated rings. The van der Waals surface area contributed by atoms with Crippen molar-refractivity contribution in [2.24, 2.45) is 0 Å². The SMILES string of the molecule is O=C1OC(c2cccc(C(F)(F)F)c2)C(C(=O)O)n2cccc21. The standard InChI is InChI=1S/C15H10F3NO4/c16-15(17,18)9-4-1-3-8(7-9)12-11(13(20)21)19-6-2-5-10(19)14(22)23-12/h1-7,11-12H,(H,20,21). The largest absolute Gasteiger partial charge is 0.480 e. The first-order chi connectivity index (χ1) is 10.8. The molecular formula is C15H10F3NO4. The van der Waals surface area contributed by atoms with Crippen molar-refractivity contribution in [3.8, 4) is 0 Å². The second kappa shape index (κ2) is 5.15. The summed E-state index contributed by atoms with van der Waals surface area (Å²) in [5, 5.41) is 9.42. The highest BCUT2D eigenvalue weighted by Crippen LogP contribution is 2.38. The molecule has 1 aromatic heterocycles. The maximum atomic E-state index is 12.8. The van der Waals surface area contributed by atoms with Gasteiger partial charge in [0.05, 0.1) is 5.56 Å². The van der Waals surface area contributed by atoms with E-state index in [0.717, 1.165) is 18.2 Å². The molecule has 120 valence electrons. The minimum atomic E-state index is -4.58. The number of hydrogen-bond acceptors (Lipinski definition) is 3. The van der Waals surface area contributed by atoms with Crippen molar-refractivity contribution in [1.82, 2.24) is 4.57 Å². The number of carboxylic acids is 1. The zero-order valence-electron chi connectivity index (χ0n) is 11.4. The van der Waals surface area contributed by atoms with Crippen molar-refractivity contribution in [3.63, 3.8) is 0 Å². The Morgan fingerprint density at radius 3 is 2.61 bits per heavy atom. The summed E-state index contributed by atoms with van der Waals surface area (Å²) in [4.78, 5) is 23.5. The van der Waals surface area contributed by atoms with Gasteiger partial charge in [-0.3, -0.25) is 0 Å². The van der Waals surface area contributed by atoms with Crippen LogP contribution in [-0.4, -0.2) is 21.6 Å². The molecular weight excluding hydrogens is 315 g/mol. The molecule has 3 rings (SSSR count). The van der Waals surface area contributed by atoms with Crippen LogP contribution in [0.25, 0.3) is 0 Å². The molecule has 0 amide bonds. The van der Waals surface area contributed by atoms with Crippen LogP contribution in [0.3, 0.4) is 0 Å². The van der Waals surface area contributed by atoms with Crippen LogP contribution >= 0.6 is 0 Å². The number of aliphatic carboxylic acids is 1. The normalized spacial score (nSPS) is 20.7. The molecule has 2 atom stereocenters. The second-order valence-electron chi connectivity index (χ2n) is 5.03. The van der Waals surface area contributed by atoms with E-state index in [-0.39, 0.29) is 11.3 Å². The molecule has 23 heavy (non-hydrogen) atoms. The number of ether oxygens (including phenoxy) is 1. The third-order valence-electron chi connectivity index (χ3n) is 3.60. The van der Waals surface area contributed by atoms with Crippen molar-refractivity contribution < 1.29 is 32.6 Å². The Morgan fingerprint density at radius 1 is 1.22 bits per heavy atom. The summed E-state index contributed by atoms with van der Waals surface area (Å²) < 4.78 is 44.8. The number of nitrogens with zero attached hydrogens (tertiary/aromatic N) is 1. The minimum Gasteiger partial charge on any atom is -0.480 e. The lowest BCUT2D eigenvalue weighted by atomic mass is 9.98. The van der Waals surface area contributed by atoms with Crippen LogP contribution in [0.1, 0.15) is 33.8 Å². The van der Waals surface area contributed by atoms with Gasteiger partial charge in [-0.2, -0.15) is 13.2 Å². The Morgan fingerprint density at radius 2 is 1.96 bits per heavy atom. The Balaban J connectivity index is 2.09. The third-order valence-corrected chi connectivity index (χ3v) is 3.60. The maximum Gasteiger partial charge on any atom is 0.416 e. The Hall–Kier alpha value is -2.77. The first-order valence-corrected chi connectivity index (χ1v) is 6.57. The minimum absolute atomic E-state index is 0.0278. The lowest BCUT2D eigenvalue weighted by molar-refractivity contribution is -0.145. The highest BCUT2D eigenvalue weighted by molar-refractivity contribution is 5.90. The maximum absolute atomic E-state index is 12.8. The van der Waals surface area contributed by atoms with Crippen LogP contribution < -0.4 is 0 Å². The number of halogens is 3. The number of carbonyl (C=O) groups is 2. The van der Waals surface area contributed by atoms with E-state index in [1.807, 2.05) is 0 Å². The Labute approximate surface area is 127 Å². The van der Waals surface area contributed by atoms with Gasteiger partial charge < -0.3 is 14.4 Å². The molecule has 0 saturated carbocycles. The summed E-state index contributed by atoms with van der Waals surface area (Å²) in [6, 6.07) is 5.64. The third kappa shape index (κ3) is 2.56. The summed E-state index contributed by atoms with van der Waals surface area (Å²) in [6.45, 7) is 0. The number of rotatable bonds is 2. The molecule has 1 aliphatic rings. The van der Waals surface area contributed by atoms with Gasteiger partial charge in [-0.15, -0.1) is 0 Å². The summed E-state index contributed by atoms with van der Waals surface area (Å²) in [5.41, 5.74) is -0.922. The molecule has 2 unspecified atom stereocenters. The van der Waals surface area contributed by atoms with Gasteiger partial charge in [0.15, 0.2) is 12.1 Å². The number of esters is 1. The zero-order chi connectivity index (χ0) is 16.8. The van der Waals surface area contributed by atoms with Gasteiger partial charge in [0, 0.05) is 6.20 Å². The zero-order valence-corrected chi connectivity index (χ0v) is 11.4. The Bertz CT molecular complexity index is 781. The van der Waals surface area contributed by atoms with Gasteiger partial charge in [0.1, 0.15) is 5.69 Å². The van der Waals surface area contributed by atoms with Crippen LogP contribution in [0.4, 0.5) is 13.2 Å². The first kappa shape index (κ1) is 15.1. The number of fused-ring (bicyclic) bond motifs is 1. The molecule has 1 aromatic carbocycles. The molecule has 2 heterocycles. The first-order valence-electron chi connectivity index (χ1n) is 6.57. The van der Waals surface area contributed by atoms with Crippen LogP contribution in [0, 0.1) is 0 Å². The molecule has 0 saturated heterocycles. The molecule has 1 aliphatic heterocycles. The summed E-state index contributed by atoms with van der Waals surface area (Å²) >= 11 is 0. The lowest BCUT2D eigenvalue weighted by Gasteiger charge is -2.31. The van der Waals surface area contributed by atoms with E-state index in [4.69, 9.17) is 4.74 Å². The van der Waals surface area contributed by atoms with E-state index in [0.29, 0.717) is 0 Å². The molecule has 0 bridgehead atoms. The van der Waals surface area contributed by atoms with Gasteiger partial charge in [0.25, 0.3) is 0 Å². The number of aromatic nitrogens is 1. The highest BCUT2D eigenvalue weighted by atomic mass is 19.4. The monoisotopic (exact) mass is 325 g/mol. The van der Waals surface area contributed by atoms with Gasteiger partial charge in [-0.05, 0) is 29.8 Å². The van der Waals surface area contributed by atoms with E-state index >= 15 is 0 Å². The quantitative estimate of drug-likeness (QED) is 0.862. The molecule has 8 heteroatoms. The van der Waals surface area contributed by atoms with Crippen LogP contribution in [0.2, 0.25) is 0 Å². The molecule has 5 nitrogen and oxygen atoms in total. The molecule has 2 aromatic rings. The average Bonchev–Trinajstić information content (AvgIpc) is 2.95. The molecule has 0 spiro atoms. The predicted molar refractivity (Wildman–Crippen MR) is 70.7 cm³/mol. The highest BCUT2D eigenvalue weighted by Gasteiger charge is 2.41. The van der Waals surface area contributed by atoms with Gasteiger partial charge in [-0.1, -0.05) is 12.1 Å². The summed E-state index contributed by atoms with van der Waals surface area (Å²) in [5.74, 6) is -2.09. The van der Waals surface area contributed by atoms with Crippen molar-refractivity contribution >= 4 is 11.9 Å². The number of carboxylic acid groups (broad SMARTS) is 1. The predicted octanol–water partition coefficient (Wildman–Crippen LogP) is 3.04. The number of benzene rings is 1. The van der Waals surface area contributed by atoms with Crippen molar-refractivity contribution in [3.05, 3.63) is 59.4 Å². The summed E-state index contributed by atoms with van der Waals surface area (Å²) in [7, 11) is 0. The fourth-order valence-electron chi connectivity index (χ4n) is 2.59. The van der Waals surface area contributed by atoms with E-state index < -0.39 is 35.8 Å². The van der Waals surface area contributed by atoms with Crippen LogP contribution in [-0.2, 0) is 15.7 Å². The molecule has 1 N–H and O–H groups in total. The fraction of sp³-hybridized carbons (Fsp3) is 0.200.